The number of ether oxygens (including phenoxy) is 1. The molecule has 0 bridgehead atoms. The molecule has 2 amide bonds. The van der Waals surface area contributed by atoms with E-state index in [-0.39, 0.29) is 24.5 Å². The Morgan fingerprint density at radius 1 is 1.18 bits per heavy atom. The van der Waals surface area contributed by atoms with Crippen molar-refractivity contribution in [2.45, 2.75) is 64.6 Å². The Balaban J connectivity index is 1.68. The Kier molecular flexibility index (Phi) is 10.4. The van der Waals surface area contributed by atoms with Crippen molar-refractivity contribution in [1.82, 2.24) is 15.1 Å². The largest absolute Gasteiger partial charge is 0.375 e. The quantitative estimate of drug-likeness (QED) is 0.517. The summed E-state index contributed by atoms with van der Waals surface area (Å²) in [5.41, 5.74) is 7.13. The first kappa shape index (κ1) is 26.6. The van der Waals surface area contributed by atoms with Gasteiger partial charge in [0.05, 0.1) is 0 Å². The number of carbonyl (C=O) groups excluding carboxylic acids is 2. The van der Waals surface area contributed by atoms with E-state index in [4.69, 9.17) is 10.5 Å². The molecule has 0 aromatic heterocycles. The van der Waals surface area contributed by atoms with Gasteiger partial charge in [0.25, 0.3) is 0 Å². The summed E-state index contributed by atoms with van der Waals surface area (Å²) in [4.78, 5) is 30.4. The SMILES string of the molecule is COCC(=O)N1CC(N(Cc2ccccc2)CC(C)C)CC1C(=O)NCC1CCCC(CN)C1. The third-order valence-corrected chi connectivity index (χ3v) is 7.30. The summed E-state index contributed by atoms with van der Waals surface area (Å²) in [5, 5.41) is 3.18. The van der Waals surface area contributed by atoms with Gasteiger partial charge in [-0.05, 0) is 55.5 Å². The van der Waals surface area contributed by atoms with Crippen LogP contribution in [0.3, 0.4) is 0 Å². The molecule has 190 valence electrons. The summed E-state index contributed by atoms with van der Waals surface area (Å²) in [7, 11) is 1.53. The molecule has 1 aliphatic carbocycles. The number of methoxy groups -OCH3 is 1. The molecule has 0 spiro atoms. The van der Waals surface area contributed by atoms with Crippen molar-refractivity contribution in [2.24, 2.45) is 23.5 Å². The number of likely N-dealkylation sites (tertiary alicyclic amines) is 1. The first-order valence-corrected chi connectivity index (χ1v) is 12.9. The molecule has 1 saturated heterocycles. The van der Waals surface area contributed by atoms with Gasteiger partial charge < -0.3 is 20.7 Å². The van der Waals surface area contributed by atoms with Crippen molar-refractivity contribution in [3.05, 3.63) is 35.9 Å². The van der Waals surface area contributed by atoms with E-state index in [9.17, 15) is 9.59 Å². The van der Waals surface area contributed by atoms with Crippen LogP contribution < -0.4 is 11.1 Å². The van der Waals surface area contributed by atoms with Crippen molar-refractivity contribution in [3.63, 3.8) is 0 Å². The average Bonchev–Trinajstić information content (AvgIpc) is 3.29. The van der Waals surface area contributed by atoms with E-state index in [1.807, 2.05) is 6.07 Å². The Morgan fingerprint density at radius 3 is 2.59 bits per heavy atom. The van der Waals surface area contributed by atoms with Crippen molar-refractivity contribution in [3.8, 4) is 0 Å². The molecule has 3 rings (SSSR count). The highest BCUT2D eigenvalue weighted by atomic mass is 16.5. The molecule has 0 radical (unpaired) electrons. The minimum Gasteiger partial charge on any atom is -0.375 e. The standard InChI is InChI=1S/C27H44N4O3/c1-20(2)16-30(17-21-8-5-4-6-9-21)24-13-25(31(18-24)26(32)19-34-3)27(33)29-15-23-11-7-10-22(12-23)14-28/h4-6,8-9,20,22-25H,7,10-19,28H2,1-3H3,(H,29,33). The normalized spacial score (nSPS) is 25.2. The maximum atomic E-state index is 13.3. The number of hydrogen-bond acceptors (Lipinski definition) is 5. The monoisotopic (exact) mass is 472 g/mol. The van der Waals surface area contributed by atoms with Crippen LogP contribution in [0.2, 0.25) is 0 Å². The minimum atomic E-state index is -0.452. The first-order valence-electron chi connectivity index (χ1n) is 12.9. The van der Waals surface area contributed by atoms with Gasteiger partial charge in [-0.2, -0.15) is 0 Å². The second-order valence-corrected chi connectivity index (χ2v) is 10.6. The van der Waals surface area contributed by atoms with Crippen LogP contribution in [0.4, 0.5) is 0 Å². The predicted octanol–water partition coefficient (Wildman–Crippen LogP) is 2.64. The van der Waals surface area contributed by atoms with Crippen LogP contribution in [0.25, 0.3) is 0 Å². The lowest BCUT2D eigenvalue weighted by Crippen LogP contribution is -2.48. The van der Waals surface area contributed by atoms with Crippen LogP contribution >= 0.6 is 0 Å². The van der Waals surface area contributed by atoms with Crippen molar-refractivity contribution < 1.29 is 14.3 Å². The first-order chi connectivity index (χ1) is 16.4. The summed E-state index contributed by atoms with van der Waals surface area (Å²) in [6.45, 7) is 8.10. The maximum absolute atomic E-state index is 13.3. The van der Waals surface area contributed by atoms with Gasteiger partial charge in [-0.1, -0.05) is 50.6 Å². The molecule has 7 heteroatoms. The fourth-order valence-corrected chi connectivity index (χ4v) is 5.60. The number of carbonyl (C=O) groups is 2. The number of nitrogens with two attached hydrogens (primary N) is 1. The van der Waals surface area contributed by atoms with Crippen LogP contribution in [0.1, 0.15) is 51.5 Å². The summed E-state index contributed by atoms with van der Waals surface area (Å²) < 4.78 is 5.13. The van der Waals surface area contributed by atoms with Gasteiger partial charge >= 0.3 is 0 Å². The number of benzene rings is 1. The summed E-state index contributed by atoms with van der Waals surface area (Å²) in [6.07, 6.45) is 5.23. The Bertz CT molecular complexity index is 772. The van der Waals surface area contributed by atoms with E-state index in [1.54, 1.807) is 4.90 Å². The summed E-state index contributed by atoms with van der Waals surface area (Å²) >= 11 is 0. The predicted molar refractivity (Wildman–Crippen MR) is 135 cm³/mol. The second-order valence-electron chi connectivity index (χ2n) is 10.6. The molecular formula is C27H44N4O3. The van der Waals surface area contributed by atoms with E-state index >= 15 is 0 Å². The molecule has 2 aliphatic rings. The third kappa shape index (κ3) is 7.52. The van der Waals surface area contributed by atoms with Crippen LogP contribution in [-0.2, 0) is 20.9 Å². The molecule has 1 heterocycles. The molecule has 1 aromatic rings. The lowest BCUT2D eigenvalue weighted by Gasteiger charge is -2.30. The summed E-state index contributed by atoms with van der Waals surface area (Å²) in [6, 6.07) is 10.1. The Hall–Kier alpha value is -1.96. The Labute approximate surface area is 205 Å². The van der Waals surface area contributed by atoms with Gasteiger partial charge in [0.2, 0.25) is 11.8 Å². The highest BCUT2D eigenvalue weighted by Crippen LogP contribution is 2.29. The number of nitrogens with zero attached hydrogens (tertiary/aromatic N) is 2. The number of amides is 2. The van der Waals surface area contributed by atoms with Crippen molar-refractivity contribution in [1.29, 1.82) is 0 Å². The minimum absolute atomic E-state index is 0.000169. The molecule has 34 heavy (non-hydrogen) atoms. The van der Waals surface area contributed by atoms with Crippen LogP contribution in [-0.4, -0.2) is 73.6 Å². The molecule has 1 aromatic carbocycles. The van der Waals surface area contributed by atoms with Gasteiger partial charge in [-0.15, -0.1) is 0 Å². The molecule has 1 saturated carbocycles. The number of rotatable bonds is 11. The number of nitrogens with one attached hydrogen (secondary N) is 1. The highest BCUT2D eigenvalue weighted by molar-refractivity contribution is 5.88. The maximum Gasteiger partial charge on any atom is 0.249 e. The zero-order valence-electron chi connectivity index (χ0n) is 21.2. The Morgan fingerprint density at radius 2 is 1.91 bits per heavy atom. The molecule has 4 unspecified atom stereocenters. The van der Waals surface area contributed by atoms with Crippen LogP contribution in [0.15, 0.2) is 30.3 Å². The molecular weight excluding hydrogens is 428 g/mol. The van der Waals surface area contributed by atoms with E-state index in [0.717, 1.165) is 32.5 Å². The zero-order valence-corrected chi connectivity index (χ0v) is 21.2. The van der Waals surface area contributed by atoms with E-state index in [2.05, 4.69) is 48.3 Å². The molecule has 1 aliphatic heterocycles. The molecule has 3 N–H and O–H groups in total. The van der Waals surface area contributed by atoms with Crippen molar-refractivity contribution in [2.75, 3.05) is 39.9 Å². The lowest BCUT2D eigenvalue weighted by atomic mass is 9.81. The second kappa shape index (κ2) is 13.2. The molecule has 2 fully saturated rings. The van der Waals surface area contributed by atoms with Gasteiger partial charge in [-0.3, -0.25) is 14.5 Å². The van der Waals surface area contributed by atoms with Crippen LogP contribution in [0.5, 0.6) is 0 Å². The smallest absolute Gasteiger partial charge is 0.249 e. The van der Waals surface area contributed by atoms with E-state index < -0.39 is 6.04 Å². The topological polar surface area (TPSA) is 87.9 Å². The van der Waals surface area contributed by atoms with E-state index in [1.165, 1.54) is 25.5 Å². The zero-order chi connectivity index (χ0) is 24.5. The number of hydrogen-bond donors (Lipinski definition) is 2. The lowest BCUT2D eigenvalue weighted by molar-refractivity contribution is -0.141. The molecule has 7 nitrogen and oxygen atoms in total. The van der Waals surface area contributed by atoms with E-state index in [0.29, 0.717) is 37.3 Å². The fraction of sp³-hybridized carbons (Fsp3) is 0.704. The summed E-state index contributed by atoms with van der Waals surface area (Å²) in [5.74, 6) is 1.37. The third-order valence-electron chi connectivity index (χ3n) is 7.30. The van der Waals surface area contributed by atoms with Gasteiger partial charge in [0, 0.05) is 39.3 Å². The van der Waals surface area contributed by atoms with Crippen LogP contribution in [0, 0.1) is 17.8 Å². The van der Waals surface area contributed by atoms with Gasteiger partial charge in [-0.25, -0.2) is 0 Å². The van der Waals surface area contributed by atoms with Gasteiger partial charge in [0.1, 0.15) is 12.6 Å². The molecule has 4 atom stereocenters. The van der Waals surface area contributed by atoms with Crippen molar-refractivity contribution >= 4 is 11.8 Å². The van der Waals surface area contributed by atoms with Gasteiger partial charge in [0.15, 0.2) is 0 Å². The highest BCUT2D eigenvalue weighted by Gasteiger charge is 2.41. The average molecular weight is 473 g/mol. The fourth-order valence-electron chi connectivity index (χ4n) is 5.60.